The molecule has 0 bridgehead atoms. The van der Waals surface area contributed by atoms with Gasteiger partial charge in [0, 0.05) is 24.5 Å². The third kappa shape index (κ3) is 1.27. The van der Waals surface area contributed by atoms with Crippen LogP contribution in [0.15, 0.2) is 30.5 Å². The Morgan fingerprint density at radius 2 is 2.07 bits per heavy atom. The molecule has 0 atom stereocenters. The van der Waals surface area contributed by atoms with Gasteiger partial charge in [0.2, 0.25) is 0 Å². The van der Waals surface area contributed by atoms with E-state index in [2.05, 4.69) is 11.2 Å². The molecule has 1 aromatic carbocycles. The minimum atomic E-state index is 0.823. The Morgan fingerprint density at radius 1 is 1.29 bits per heavy atom. The first kappa shape index (κ1) is 8.81. The molecule has 1 aromatic heterocycles. The summed E-state index contributed by atoms with van der Waals surface area (Å²) in [5.41, 5.74) is 10.0. The maximum atomic E-state index is 5.85. The molecule has 0 amide bonds. The Bertz CT molecular complexity index is 457. The van der Waals surface area contributed by atoms with Crippen LogP contribution in [0, 0.1) is 6.92 Å². The van der Waals surface area contributed by atoms with Gasteiger partial charge in [-0.2, -0.15) is 5.10 Å². The van der Waals surface area contributed by atoms with Gasteiger partial charge in [-0.15, -0.1) is 0 Å². The van der Waals surface area contributed by atoms with Crippen LogP contribution in [0.2, 0.25) is 0 Å². The molecule has 0 unspecified atom stereocenters. The molecule has 0 saturated heterocycles. The lowest BCUT2D eigenvalue weighted by Gasteiger charge is -2.08. The Balaban J connectivity index is 2.63. The Hall–Kier alpha value is -1.77. The number of hydrogen-bond acceptors (Lipinski definition) is 2. The Labute approximate surface area is 83.2 Å². The van der Waals surface area contributed by atoms with Crippen LogP contribution in [0.1, 0.15) is 5.56 Å². The van der Waals surface area contributed by atoms with E-state index in [1.165, 1.54) is 0 Å². The summed E-state index contributed by atoms with van der Waals surface area (Å²) in [5.74, 6) is 0. The van der Waals surface area contributed by atoms with Crippen molar-refractivity contribution in [2.24, 2.45) is 7.05 Å². The standard InChI is InChI=1S/C11H13N3/c1-8-9(4-3-5-10(8)12)11-6-7-13-14(11)2/h3-7H,12H2,1-2H3. The van der Waals surface area contributed by atoms with E-state index >= 15 is 0 Å². The topological polar surface area (TPSA) is 43.8 Å². The molecule has 0 aliphatic rings. The predicted octanol–water partition coefficient (Wildman–Crippen LogP) is 1.98. The molecule has 2 rings (SSSR count). The molecule has 0 aliphatic heterocycles. The highest BCUT2D eigenvalue weighted by atomic mass is 15.3. The minimum absolute atomic E-state index is 0.823. The lowest BCUT2D eigenvalue weighted by molar-refractivity contribution is 0.775. The van der Waals surface area contributed by atoms with E-state index in [-0.39, 0.29) is 0 Å². The number of anilines is 1. The fraction of sp³-hybridized carbons (Fsp3) is 0.182. The van der Waals surface area contributed by atoms with Crippen LogP contribution in [0.5, 0.6) is 0 Å². The first-order chi connectivity index (χ1) is 6.70. The van der Waals surface area contributed by atoms with Crippen molar-refractivity contribution in [2.75, 3.05) is 5.73 Å². The van der Waals surface area contributed by atoms with E-state index in [0.717, 1.165) is 22.5 Å². The van der Waals surface area contributed by atoms with Crippen molar-refractivity contribution < 1.29 is 0 Å². The number of rotatable bonds is 1. The third-order valence-corrected chi connectivity index (χ3v) is 2.47. The van der Waals surface area contributed by atoms with Crippen LogP contribution in [-0.4, -0.2) is 9.78 Å². The maximum absolute atomic E-state index is 5.85. The summed E-state index contributed by atoms with van der Waals surface area (Å²) in [6.45, 7) is 2.03. The smallest absolute Gasteiger partial charge is 0.0682 e. The quantitative estimate of drug-likeness (QED) is 0.694. The molecule has 2 aromatic rings. The molecule has 0 radical (unpaired) electrons. The second-order valence-corrected chi connectivity index (χ2v) is 3.36. The molecular weight excluding hydrogens is 174 g/mol. The second-order valence-electron chi connectivity index (χ2n) is 3.36. The average molecular weight is 187 g/mol. The summed E-state index contributed by atoms with van der Waals surface area (Å²) in [5, 5.41) is 4.14. The highest BCUT2D eigenvalue weighted by Crippen LogP contribution is 2.25. The van der Waals surface area contributed by atoms with Crippen molar-refractivity contribution >= 4 is 5.69 Å². The molecule has 0 aliphatic carbocycles. The van der Waals surface area contributed by atoms with Crippen LogP contribution >= 0.6 is 0 Å². The van der Waals surface area contributed by atoms with Crippen LogP contribution < -0.4 is 5.73 Å². The molecule has 2 N–H and O–H groups in total. The van der Waals surface area contributed by atoms with Crippen molar-refractivity contribution in [3.05, 3.63) is 36.0 Å². The number of nitrogen functional groups attached to an aromatic ring is 1. The molecule has 14 heavy (non-hydrogen) atoms. The monoisotopic (exact) mass is 187 g/mol. The van der Waals surface area contributed by atoms with Gasteiger partial charge in [0.25, 0.3) is 0 Å². The molecule has 0 spiro atoms. The zero-order chi connectivity index (χ0) is 10.1. The fourth-order valence-corrected chi connectivity index (χ4v) is 1.57. The largest absolute Gasteiger partial charge is 0.398 e. The van der Waals surface area contributed by atoms with E-state index in [1.54, 1.807) is 6.20 Å². The lowest BCUT2D eigenvalue weighted by Crippen LogP contribution is -1.97. The molecule has 3 nitrogen and oxygen atoms in total. The average Bonchev–Trinajstić information content (AvgIpc) is 2.57. The molecule has 3 heteroatoms. The lowest BCUT2D eigenvalue weighted by atomic mass is 10.0. The number of nitrogens with zero attached hydrogens (tertiary/aromatic N) is 2. The van der Waals surface area contributed by atoms with E-state index in [9.17, 15) is 0 Å². The van der Waals surface area contributed by atoms with Crippen molar-refractivity contribution in [1.82, 2.24) is 9.78 Å². The SMILES string of the molecule is Cc1c(N)cccc1-c1ccnn1C. The summed E-state index contributed by atoms with van der Waals surface area (Å²) in [4.78, 5) is 0. The molecule has 1 heterocycles. The van der Waals surface area contributed by atoms with Crippen LogP contribution in [0.25, 0.3) is 11.3 Å². The van der Waals surface area contributed by atoms with Gasteiger partial charge in [-0.25, -0.2) is 0 Å². The molecular formula is C11H13N3. The molecule has 0 fully saturated rings. The number of hydrogen-bond donors (Lipinski definition) is 1. The van der Waals surface area contributed by atoms with Gasteiger partial charge in [0.05, 0.1) is 5.69 Å². The van der Waals surface area contributed by atoms with Crippen molar-refractivity contribution in [2.45, 2.75) is 6.92 Å². The van der Waals surface area contributed by atoms with Crippen molar-refractivity contribution in [3.63, 3.8) is 0 Å². The summed E-state index contributed by atoms with van der Waals surface area (Å²) >= 11 is 0. The second kappa shape index (κ2) is 3.18. The van der Waals surface area contributed by atoms with E-state index < -0.39 is 0 Å². The van der Waals surface area contributed by atoms with Crippen LogP contribution in [0.3, 0.4) is 0 Å². The van der Waals surface area contributed by atoms with Gasteiger partial charge < -0.3 is 5.73 Å². The third-order valence-electron chi connectivity index (χ3n) is 2.47. The number of aromatic nitrogens is 2. The van der Waals surface area contributed by atoms with Gasteiger partial charge >= 0.3 is 0 Å². The van der Waals surface area contributed by atoms with Gasteiger partial charge in [0.15, 0.2) is 0 Å². The molecule has 72 valence electrons. The first-order valence-corrected chi connectivity index (χ1v) is 4.53. The zero-order valence-corrected chi connectivity index (χ0v) is 8.36. The first-order valence-electron chi connectivity index (χ1n) is 4.53. The van der Waals surface area contributed by atoms with Gasteiger partial charge in [-0.3, -0.25) is 4.68 Å². The highest BCUT2D eigenvalue weighted by Gasteiger charge is 2.06. The summed E-state index contributed by atoms with van der Waals surface area (Å²) < 4.78 is 1.85. The van der Waals surface area contributed by atoms with E-state index in [1.807, 2.05) is 36.9 Å². The summed E-state index contributed by atoms with van der Waals surface area (Å²) in [7, 11) is 1.93. The zero-order valence-electron chi connectivity index (χ0n) is 8.36. The maximum Gasteiger partial charge on any atom is 0.0682 e. The Morgan fingerprint density at radius 3 is 2.71 bits per heavy atom. The van der Waals surface area contributed by atoms with Crippen molar-refractivity contribution in [3.8, 4) is 11.3 Å². The predicted molar refractivity (Wildman–Crippen MR) is 57.8 cm³/mol. The van der Waals surface area contributed by atoms with Gasteiger partial charge in [-0.05, 0) is 24.6 Å². The number of aryl methyl sites for hydroxylation is 1. The number of nitrogens with two attached hydrogens (primary N) is 1. The summed E-state index contributed by atoms with van der Waals surface area (Å²) in [6, 6.07) is 7.92. The van der Waals surface area contributed by atoms with E-state index in [4.69, 9.17) is 5.73 Å². The van der Waals surface area contributed by atoms with Crippen LogP contribution in [-0.2, 0) is 7.05 Å². The van der Waals surface area contributed by atoms with Gasteiger partial charge in [-0.1, -0.05) is 12.1 Å². The van der Waals surface area contributed by atoms with Gasteiger partial charge in [0.1, 0.15) is 0 Å². The normalized spacial score (nSPS) is 10.4. The van der Waals surface area contributed by atoms with Crippen molar-refractivity contribution in [1.29, 1.82) is 0 Å². The summed E-state index contributed by atoms with van der Waals surface area (Å²) in [6.07, 6.45) is 1.79. The Kier molecular flexibility index (Phi) is 2.00. The highest BCUT2D eigenvalue weighted by molar-refractivity contribution is 5.70. The fourth-order valence-electron chi connectivity index (χ4n) is 1.57. The molecule has 0 saturated carbocycles. The minimum Gasteiger partial charge on any atom is -0.398 e. The van der Waals surface area contributed by atoms with E-state index in [0.29, 0.717) is 0 Å². The number of benzene rings is 1. The van der Waals surface area contributed by atoms with Crippen LogP contribution in [0.4, 0.5) is 5.69 Å².